The van der Waals surface area contributed by atoms with E-state index in [1.54, 1.807) is 4.68 Å². The lowest BCUT2D eigenvalue weighted by Crippen LogP contribution is -2.19. The zero-order valence-corrected chi connectivity index (χ0v) is 13.2. The van der Waals surface area contributed by atoms with Crippen molar-refractivity contribution in [1.29, 1.82) is 0 Å². The maximum absolute atomic E-state index is 5.94. The fraction of sp³-hybridized carbons (Fsp3) is 0.278. The summed E-state index contributed by atoms with van der Waals surface area (Å²) in [6.07, 6.45) is 1.15. The largest absolute Gasteiger partial charge is 0.373 e. The second-order valence-corrected chi connectivity index (χ2v) is 5.88. The van der Waals surface area contributed by atoms with Gasteiger partial charge < -0.3 is 10.1 Å². The molecule has 3 aromatic rings. The molecule has 2 atom stereocenters. The highest BCUT2D eigenvalue weighted by molar-refractivity contribution is 5.38. The van der Waals surface area contributed by atoms with Gasteiger partial charge >= 0.3 is 0 Å². The van der Waals surface area contributed by atoms with E-state index in [9.17, 15) is 0 Å². The molecule has 0 aliphatic carbocycles. The van der Waals surface area contributed by atoms with Crippen LogP contribution < -0.4 is 5.32 Å². The van der Waals surface area contributed by atoms with E-state index in [-0.39, 0.29) is 6.10 Å². The van der Waals surface area contributed by atoms with Crippen LogP contribution in [-0.4, -0.2) is 33.4 Å². The Bertz CT molecular complexity index is 774. The van der Waals surface area contributed by atoms with Crippen LogP contribution in [0.25, 0.3) is 5.69 Å². The van der Waals surface area contributed by atoms with Gasteiger partial charge in [-0.1, -0.05) is 53.6 Å². The van der Waals surface area contributed by atoms with E-state index < -0.39 is 0 Å². The van der Waals surface area contributed by atoms with Crippen LogP contribution in [0, 0.1) is 5.92 Å². The highest BCUT2D eigenvalue weighted by Gasteiger charge is 2.29. The van der Waals surface area contributed by atoms with E-state index in [4.69, 9.17) is 4.74 Å². The molecule has 0 bridgehead atoms. The van der Waals surface area contributed by atoms with Gasteiger partial charge in [-0.3, -0.25) is 0 Å². The number of hydrogen-bond donors (Lipinski definition) is 1. The summed E-state index contributed by atoms with van der Waals surface area (Å²) in [7, 11) is 0. The van der Waals surface area contributed by atoms with E-state index in [2.05, 4.69) is 45.1 Å². The first-order valence-electron chi connectivity index (χ1n) is 8.16. The molecule has 0 spiro atoms. The maximum Gasteiger partial charge on any atom is 0.247 e. The average molecular weight is 321 g/mol. The van der Waals surface area contributed by atoms with Crippen LogP contribution in [-0.2, 0) is 4.74 Å². The van der Waals surface area contributed by atoms with Gasteiger partial charge in [-0.15, -0.1) is 0 Å². The first-order chi connectivity index (χ1) is 11.9. The molecule has 0 amide bonds. The number of aromatic nitrogens is 4. The molecule has 2 aromatic carbocycles. The van der Waals surface area contributed by atoms with Crippen molar-refractivity contribution in [2.75, 3.05) is 18.5 Å². The Hall–Kier alpha value is -2.73. The number of nitrogens with one attached hydrogen (secondary N) is 1. The van der Waals surface area contributed by atoms with Crippen molar-refractivity contribution >= 4 is 5.95 Å². The molecule has 2 heterocycles. The molecular formula is C18H19N5O. The highest BCUT2D eigenvalue weighted by Crippen LogP contribution is 2.34. The Morgan fingerprint density at radius 3 is 2.58 bits per heavy atom. The standard InChI is InChI=1S/C18H19N5O/c1-3-7-14(8-4-1)17-15(11-12-24-17)13-19-18-20-21-22-23(18)16-9-5-2-6-10-16/h1-10,15,17H,11-13H2,(H,19,20,22)/t15-,17-/m0/s1. The highest BCUT2D eigenvalue weighted by atomic mass is 16.5. The summed E-state index contributed by atoms with van der Waals surface area (Å²) in [5.74, 6) is 1.05. The number of nitrogens with zero attached hydrogens (tertiary/aromatic N) is 4. The zero-order chi connectivity index (χ0) is 16.2. The molecular weight excluding hydrogens is 302 g/mol. The summed E-state index contributed by atoms with van der Waals surface area (Å²) in [6.45, 7) is 1.56. The minimum atomic E-state index is 0.125. The van der Waals surface area contributed by atoms with Crippen molar-refractivity contribution in [1.82, 2.24) is 20.2 Å². The van der Waals surface area contributed by atoms with E-state index in [1.165, 1.54) is 5.56 Å². The van der Waals surface area contributed by atoms with E-state index in [0.29, 0.717) is 11.9 Å². The smallest absolute Gasteiger partial charge is 0.247 e. The zero-order valence-electron chi connectivity index (χ0n) is 13.2. The molecule has 1 aromatic heterocycles. The third kappa shape index (κ3) is 3.00. The lowest BCUT2D eigenvalue weighted by molar-refractivity contribution is 0.0933. The molecule has 24 heavy (non-hydrogen) atoms. The van der Waals surface area contributed by atoms with Crippen LogP contribution in [0.4, 0.5) is 5.95 Å². The van der Waals surface area contributed by atoms with Crippen molar-refractivity contribution in [2.24, 2.45) is 5.92 Å². The Morgan fingerprint density at radius 1 is 1.04 bits per heavy atom. The lowest BCUT2D eigenvalue weighted by atomic mass is 9.95. The van der Waals surface area contributed by atoms with Gasteiger partial charge in [0.15, 0.2) is 0 Å². The minimum absolute atomic E-state index is 0.125. The van der Waals surface area contributed by atoms with Crippen LogP contribution in [0.5, 0.6) is 0 Å². The molecule has 0 radical (unpaired) electrons. The van der Waals surface area contributed by atoms with Crippen LogP contribution in [0.3, 0.4) is 0 Å². The maximum atomic E-state index is 5.94. The predicted octanol–water partition coefficient (Wildman–Crippen LogP) is 2.85. The van der Waals surface area contributed by atoms with E-state index in [1.807, 2.05) is 36.4 Å². The Kier molecular flexibility index (Phi) is 4.20. The van der Waals surface area contributed by atoms with Gasteiger partial charge in [-0.2, -0.15) is 4.68 Å². The van der Waals surface area contributed by atoms with Crippen molar-refractivity contribution < 1.29 is 4.74 Å². The molecule has 1 aliphatic rings. The number of anilines is 1. The van der Waals surface area contributed by atoms with Gasteiger partial charge in [0.05, 0.1) is 11.8 Å². The molecule has 4 rings (SSSR count). The third-order valence-electron chi connectivity index (χ3n) is 4.33. The van der Waals surface area contributed by atoms with E-state index in [0.717, 1.165) is 25.3 Å². The van der Waals surface area contributed by atoms with Crippen LogP contribution in [0.15, 0.2) is 60.7 Å². The second kappa shape index (κ2) is 6.80. The number of hydrogen-bond acceptors (Lipinski definition) is 5. The van der Waals surface area contributed by atoms with Crippen LogP contribution in [0.1, 0.15) is 18.1 Å². The topological polar surface area (TPSA) is 64.9 Å². The molecule has 6 heteroatoms. The normalized spacial score (nSPS) is 20.2. The van der Waals surface area contributed by atoms with Gasteiger partial charge in [-0.25, -0.2) is 0 Å². The third-order valence-corrected chi connectivity index (χ3v) is 4.33. The number of para-hydroxylation sites is 1. The van der Waals surface area contributed by atoms with Crippen LogP contribution in [0.2, 0.25) is 0 Å². The Morgan fingerprint density at radius 2 is 1.79 bits per heavy atom. The fourth-order valence-corrected chi connectivity index (χ4v) is 3.12. The molecule has 1 N–H and O–H groups in total. The summed E-state index contributed by atoms with van der Waals surface area (Å²) in [5.41, 5.74) is 2.16. The summed E-state index contributed by atoms with van der Waals surface area (Å²) < 4.78 is 7.65. The SMILES string of the molecule is c1ccc([C@@H]2OCC[C@H]2CNc2nnnn2-c2ccccc2)cc1. The number of tetrazole rings is 1. The molecule has 1 aliphatic heterocycles. The number of benzene rings is 2. The minimum Gasteiger partial charge on any atom is -0.373 e. The monoisotopic (exact) mass is 321 g/mol. The number of ether oxygens (including phenoxy) is 1. The van der Waals surface area contributed by atoms with Gasteiger partial charge in [0.2, 0.25) is 5.95 Å². The molecule has 1 fully saturated rings. The molecule has 1 saturated heterocycles. The van der Waals surface area contributed by atoms with Gasteiger partial charge in [-0.05, 0) is 34.5 Å². The second-order valence-electron chi connectivity index (χ2n) is 5.88. The molecule has 0 unspecified atom stereocenters. The fourth-order valence-electron chi connectivity index (χ4n) is 3.12. The quantitative estimate of drug-likeness (QED) is 0.783. The summed E-state index contributed by atoms with van der Waals surface area (Å²) in [6, 6.07) is 20.2. The van der Waals surface area contributed by atoms with E-state index >= 15 is 0 Å². The summed E-state index contributed by atoms with van der Waals surface area (Å²) >= 11 is 0. The summed E-state index contributed by atoms with van der Waals surface area (Å²) in [5, 5.41) is 15.3. The van der Waals surface area contributed by atoms with Gasteiger partial charge in [0, 0.05) is 19.1 Å². The first kappa shape index (κ1) is 14.8. The average Bonchev–Trinajstić information content (AvgIpc) is 3.30. The molecule has 122 valence electrons. The Labute approximate surface area is 140 Å². The number of rotatable bonds is 5. The van der Waals surface area contributed by atoms with Gasteiger partial charge in [0.25, 0.3) is 0 Å². The molecule has 0 saturated carbocycles. The van der Waals surface area contributed by atoms with Gasteiger partial charge in [0.1, 0.15) is 0 Å². The van der Waals surface area contributed by atoms with Crippen molar-refractivity contribution in [3.05, 3.63) is 66.2 Å². The van der Waals surface area contributed by atoms with Crippen molar-refractivity contribution in [3.8, 4) is 5.69 Å². The van der Waals surface area contributed by atoms with Crippen LogP contribution >= 0.6 is 0 Å². The van der Waals surface area contributed by atoms with Crippen molar-refractivity contribution in [2.45, 2.75) is 12.5 Å². The predicted molar refractivity (Wildman–Crippen MR) is 90.9 cm³/mol. The first-order valence-corrected chi connectivity index (χ1v) is 8.16. The van der Waals surface area contributed by atoms with Crippen molar-refractivity contribution in [3.63, 3.8) is 0 Å². The molecule has 6 nitrogen and oxygen atoms in total. The Balaban J connectivity index is 1.47. The lowest BCUT2D eigenvalue weighted by Gasteiger charge is -2.19. The summed E-state index contributed by atoms with van der Waals surface area (Å²) in [4.78, 5) is 0.